The highest BCUT2D eigenvalue weighted by Crippen LogP contribution is 2.38. The van der Waals surface area contributed by atoms with Gasteiger partial charge in [-0.15, -0.1) is 22.7 Å². The average molecular weight is 384 g/mol. The molecular weight excluding hydrogens is 372 g/mol. The van der Waals surface area contributed by atoms with Crippen LogP contribution in [-0.4, -0.2) is 14.8 Å². The van der Waals surface area contributed by atoms with E-state index >= 15 is 0 Å². The highest BCUT2D eigenvalue weighted by Gasteiger charge is 2.21. The van der Waals surface area contributed by atoms with E-state index in [4.69, 9.17) is 10.1 Å². The highest BCUT2D eigenvalue weighted by atomic mass is 32.1. The first-order valence-electron chi connectivity index (χ1n) is 8.32. The molecule has 0 aliphatic heterocycles. The molecule has 27 heavy (non-hydrogen) atoms. The molecule has 5 rings (SSSR count). The van der Waals surface area contributed by atoms with Crippen molar-refractivity contribution < 1.29 is 0 Å². The van der Waals surface area contributed by atoms with Crippen molar-refractivity contribution >= 4 is 33.6 Å². The smallest absolute Gasteiger partial charge is 0.152 e. The van der Waals surface area contributed by atoms with Crippen LogP contribution < -0.4 is 0 Å². The molecule has 4 nitrogen and oxygen atoms in total. The maximum atomic E-state index is 9.78. The molecule has 0 bridgehead atoms. The molecule has 5 aromatic rings. The SMILES string of the molecule is N#Cc1nc(-c2cccs2)c2cn(-c3ccccc3)nc2c1-c1cccs1. The molecule has 0 saturated carbocycles. The predicted octanol–water partition coefficient (Wildman–Crippen LogP) is 5.75. The zero-order chi connectivity index (χ0) is 18.2. The third-order valence-corrected chi connectivity index (χ3v) is 6.08. The maximum absolute atomic E-state index is 9.78. The number of aromatic nitrogens is 3. The van der Waals surface area contributed by atoms with Crippen LogP contribution in [0, 0.1) is 11.3 Å². The van der Waals surface area contributed by atoms with Gasteiger partial charge in [-0.1, -0.05) is 30.3 Å². The summed E-state index contributed by atoms with van der Waals surface area (Å²) >= 11 is 3.20. The summed E-state index contributed by atoms with van der Waals surface area (Å²) in [7, 11) is 0. The number of nitriles is 1. The monoisotopic (exact) mass is 384 g/mol. The Hall–Kier alpha value is -3.27. The van der Waals surface area contributed by atoms with E-state index in [9.17, 15) is 5.26 Å². The van der Waals surface area contributed by atoms with Crippen LogP contribution in [0.15, 0.2) is 71.6 Å². The minimum absolute atomic E-state index is 0.409. The minimum Gasteiger partial charge on any atom is -0.240 e. The Kier molecular flexibility index (Phi) is 3.82. The topological polar surface area (TPSA) is 54.5 Å². The van der Waals surface area contributed by atoms with Gasteiger partial charge in [-0.25, -0.2) is 9.67 Å². The summed E-state index contributed by atoms with van der Waals surface area (Å²) < 4.78 is 1.86. The number of nitrogens with zero attached hydrogens (tertiary/aromatic N) is 4. The van der Waals surface area contributed by atoms with Gasteiger partial charge in [-0.3, -0.25) is 0 Å². The largest absolute Gasteiger partial charge is 0.240 e. The van der Waals surface area contributed by atoms with E-state index in [1.54, 1.807) is 22.7 Å². The molecular formula is C21H12N4S2. The Morgan fingerprint density at radius 1 is 0.889 bits per heavy atom. The van der Waals surface area contributed by atoms with Gasteiger partial charge in [-0.2, -0.15) is 10.4 Å². The Morgan fingerprint density at radius 2 is 1.63 bits per heavy atom. The van der Waals surface area contributed by atoms with Gasteiger partial charge in [0.25, 0.3) is 0 Å². The molecule has 6 heteroatoms. The summed E-state index contributed by atoms with van der Waals surface area (Å²) in [4.78, 5) is 6.76. The van der Waals surface area contributed by atoms with Crippen LogP contribution in [0.3, 0.4) is 0 Å². The van der Waals surface area contributed by atoms with Gasteiger partial charge in [0.1, 0.15) is 11.6 Å². The van der Waals surface area contributed by atoms with E-state index in [0.29, 0.717) is 5.69 Å². The lowest BCUT2D eigenvalue weighted by Gasteiger charge is -2.06. The van der Waals surface area contributed by atoms with Crippen LogP contribution in [0.25, 0.3) is 37.6 Å². The number of hydrogen-bond donors (Lipinski definition) is 0. The van der Waals surface area contributed by atoms with Crippen molar-refractivity contribution in [1.82, 2.24) is 14.8 Å². The molecule has 0 fully saturated rings. The van der Waals surface area contributed by atoms with Crippen molar-refractivity contribution in [3.63, 3.8) is 0 Å². The van der Waals surface area contributed by atoms with E-state index in [0.717, 1.165) is 37.6 Å². The first kappa shape index (κ1) is 15.9. The molecule has 0 atom stereocenters. The summed E-state index contributed by atoms with van der Waals surface area (Å²) in [6.45, 7) is 0. The van der Waals surface area contributed by atoms with Crippen molar-refractivity contribution in [2.24, 2.45) is 0 Å². The zero-order valence-corrected chi connectivity index (χ0v) is 15.7. The second-order valence-electron chi connectivity index (χ2n) is 5.92. The van der Waals surface area contributed by atoms with Crippen molar-refractivity contribution in [2.45, 2.75) is 0 Å². The summed E-state index contributed by atoms with van der Waals surface area (Å²) in [5.41, 5.74) is 3.79. The van der Waals surface area contributed by atoms with E-state index in [2.05, 4.69) is 6.07 Å². The van der Waals surface area contributed by atoms with Crippen LogP contribution in [0.5, 0.6) is 0 Å². The van der Waals surface area contributed by atoms with E-state index in [-0.39, 0.29) is 0 Å². The van der Waals surface area contributed by atoms with Gasteiger partial charge in [-0.05, 0) is 35.0 Å². The molecule has 0 amide bonds. The lowest BCUT2D eigenvalue weighted by molar-refractivity contribution is 0.897. The average Bonchev–Trinajstić information content (AvgIpc) is 3.48. The van der Waals surface area contributed by atoms with Gasteiger partial charge >= 0.3 is 0 Å². The van der Waals surface area contributed by atoms with Crippen LogP contribution in [-0.2, 0) is 0 Å². The van der Waals surface area contributed by atoms with Gasteiger partial charge in [0.15, 0.2) is 5.69 Å². The van der Waals surface area contributed by atoms with Crippen molar-refractivity contribution in [3.8, 4) is 32.8 Å². The van der Waals surface area contributed by atoms with Gasteiger partial charge in [0.2, 0.25) is 0 Å². The van der Waals surface area contributed by atoms with E-state index < -0.39 is 0 Å². The van der Waals surface area contributed by atoms with E-state index in [1.807, 2.05) is 76.2 Å². The molecule has 128 valence electrons. The minimum atomic E-state index is 0.409. The first-order valence-corrected chi connectivity index (χ1v) is 10.1. The molecule has 0 spiro atoms. The Bertz CT molecular complexity index is 1260. The predicted molar refractivity (Wildman–Crippen MR) is 110 cm³/mol. The van der Waals surface area contributed by atoms with Crippen LogP contribution in [0.4, 0.5) is 0 Å². The summed E-state index contributed by atoms with van der Waals surface area (Å²) in [6.07, 6.45) is 2.00. The summed E-state index contributed by atoms with van der Waals surface area (Å²) in [5.74, 6) is 0. The second-order valence-corrected chi connectivity index (χ2v) is 7.82. The normalized spacial score (nSPS) is 10.9. The van der Waals surface area contributed by atoms with Crippen molar-refractivity contribution in [2.75, 3.05) is 0 Å². The number of pyridine rings is 1. The van der Waals surface area contributed by atoms with Crippen molar-refractivity contribution in [1.29, 1.82) is 5.26 Å². The number of rotatable bonds is 3. The molecule has 0 saturated heterocycles. The Labute approximate surface area is 163 Å². The third-order valence-electron chi connectivity index (χ3n) is 4.32. The zero-order valence-electron chi connectivity index (χ0n) is 14.0. The molecule has 0 N–H and O–H groups in total. The standard InChI is InChI=1S/C21H12N4S2/c22-12-16-19(17-8-4-10-26-17)21-15(20(23-16)18-9-5-11-27-18)13-25(24-21)14-6-2-1-3-7-14/h1-11,13H. The second kappa shape index (κ2) is 6.47. The first-order chi connectivity index (χ1) is 13.3. The third kappa shape index (κ3) is 2.65. The fraction of sp³-hybridized carbons (Fsp3) is 0. The molecule has 0 radical (unpaired) electrons. The van der Waals surface area contributed by atoms with Crippen molar-refractivity contribution in [3.05, 3.63) is 77.2 Å². The quantitative estimate of drug-likeness (QED) is 0.398. The maximum Gasteiger partial charge on any atom is 0.152 e. The summed E-state index contributed by atoms with van der Waals surface area (Å²) in [6, 6.07) is 20.3. The highest BCUT2D eigenvalue weighted by molar-refractivity contribution is 7.14. The molecule has 0 unspecified atom stereocenters. The lowest BCUT2D eigenvalue weighted by atomic mass is 10.1. The molecule has 0 aliphatic carbocycles. The fourth-order valence-corrected chi connectivity index (χ4v) is 4.62. The van der Waals surface area contributed by atoms with Crippen LogP contribution >= 0.6 is 22.7 Å². The van der Waals surface area contributed by atoms with Gasteiger partial charge < -0.3 is 0 Å². The van der Waals surface area contributed by atoms with Crippen LogP contribution in [0.2, 0.25) is 0 Å². The molecule has 0 aliphatic rings. The van der Waals surface area contributed by atoms with E-state index in [1.165, 1.54) is 0 Å². The lowest BCUT2D eigenvalue weighted by Crippen LogP contribution is -1.94. The number of benzene rings is 1. The molecule has 4 heterocycles. The Morgan fingerprint density at radius 3 is 2.30 bits per heavy atom. The number of para-hydroxylation sites is 1. The van der Waals surface area contributed by atoms with Gasteiger partial charge in [0, 0.05) is 16.5 Å². The fourth-order valence-electron chi connectivity index (χ4n) is 3.12. The number of thiophene rings is 2. The summed E-state index contributed by atoms with van der Waals surface area (Å²) in [5, 5.41) is 19.6. The Balaban J connectivity index is 1.88. The molecule has 1 aromatic carbocycles. The number of fused-ring (bicyclic) bond motifs is 1. The molecule has 4 aromatic heterocycles. The number of hydrogen-bond acceptors (Lipinski definition) is 5. The van der Waals surface area contributed by atoms with Crippen LogP contribution in [0.1, 0.15) is 5.69 Å². The van der Waals surface area contributed by atoms with Gasteiger partial charge in [0.05, 0.1) is 21.8 Å².